The third-order valence-electron chi connectivity index (χ3n) is 5.98. The average molecular weight is 377 g/mol. The van der Waals surface area contributed by atoms with Gasteiger partial charge in [0.05, 0.1) is 19.0 Å². The molecular weight excluding hydrogens is 347 g/mol. The van der Waals surface area contributed by atoms with Crippen molar-refractivity contribution in [3.8, 4) is 0 Å². The van der Waals surface area contributed by atoms with Crippen LogP contribution in [0.2, 0.25) is 0 Å². The summed E-state index contributed by atoms with van der Waals surface area (Å²) in [6.07, 6.45) is 1.15. The Morgan fingerprint density at radius 2 is 1.54 bits per heavy atom. The fourth-order valence-electron chi connectivity index (χ4n) is 4.47. The molecule has 4 rings (SSSR count). The molecule has 1 unspecified atom stereocenters. The van der Waals surface area contributed by atoms with E-state index in [1.54, 1.807) is 17.0 Å². The Balaban J connectivity index is 1.47. The van der Waals surface area contributed by atoms with Crippen LogP contribution in [0.4, 0.5) is 4.39 Å². The molecule has 1 aliphatic heterocycles. The van der Waals surface area contributed by atoms with Crippen molar-refractivity contribution in [2.45, 2.75) is 31.5 Å². The molecule has 0 amide bonds. The monoisotopic (exact) mass is 376 g/mol. The van der Waals surface area contributed by atoms with Crippen molar-refractivity contribution in [1.82, 2.24) is 0 Å². The summed E-state index contributed by atoms with van der Waals surface area (Å²) in [5.74, 6) is 0.391. The summed E-state index contributed by atoms with van der Waals surface area (Å²) in [6, 6.07) is 29.3. The number of nitrogens with one attached hydrogen (secondary N) is 1. The summed E-state index contributed by atoms with van der Waals surface area (Å²) in [4.78, 5) is 1.63. The quantitative estimate of drug-likeness (QED) is 0.660. The zero-order valence-corrected chi connectivity index (χ0v) is 16.2. The normalized spacial score (nSPS) is 22.1. The minimum absolute atomic E-state index is 0.0952. The summed E-state index contributed by atoms with van der Waals surface area (Å²) < 4.78 is 14.0. The highest BCUT2D eigenvalue weighted by Crippen LogP contribution is 2.20. The number of benzene rings is 3. The van der Waals surface area contributed by atoms with Gasteiger partial charge in [0.25, 0.3) is 0 Å². The van der Waals surface area contributed by atoms with E-state index in [9.17, 15) is 4.39 Å². The number of hydrogen-bond acceptors (Lipinski definition) is 0. The second-order valence-corrected chi connectivity index (χ2v) is 7.87. The van der Waals surface area contributed by atoms with E-state index in [4.69, 9.17) is 0 Å². The second-order valence-electron chi connectivity index (χ2n) is 7.87. The molecule has 3 atom stereocenters. The highest BCUT2D eigenvalue weighted by atomic mass is 19.1. The van der Waals surface area contributed by atoms with E-state index in [2.05, 4.69) is 66.0 Å². The van der Waals surface area contributed by atoms with Gasteiger partial charge in [0.15, 0.2) is 0 Å². The highest BCUT2D eigenvalue weighted by Gasteiger charge is 2.35. The van der Waals surface area contributed by atoms with E-state index in [0.717, 1.165) is 31.6 Å². The van der Waals surface area contributed by atoms with Gasteiger partial charge in [-0.05, 0) is 11.6 Å². The fraction of sp³-hybridized carbons (Fsp3) is 0.280. The lowest BCUT2D eigenvalue weighted by Gasteiger charge is -2.35. The summed E-state index contributed by atoms with van der Waals surface area (Å²) >= 11 is 0. The predicted octanol–water partition coefficient (Wildman–Crippen LogP) is 2.53. The first-order valence-electron chi connectivity index (χ1n) is 10.3. The van der Waals surface area contributed by atoms with Crippen molar-refractivity contribution >= 4 is 0 Å². The smallest absolute Gasteiger partial charge is 0.132 e. The number of piperidine rings is 1. The Bertz CT molecular complexity index is 866. The number of hydrogen-bond donors (Lipinski definition) is 2. The molecule has 1 saturated heterocycles. The third kappa shape index (κ3) is 4.67. The first-order chi connectivity index (χ1) is 13.8. The summed E-state index contributed by atoms with van der Waals surface area (Å²) in [6.45, 7) is 4.06. The van der Waals surface area contributed by atoms with Crippen LogP contribution in [0, 0.1) is 5.82 Å². The van der Waals surface area contributed by atoms with Gasteiger partial charge in [-0.1, -0.05) is 78.9 Å². The number of likely N-dealkylation sites (tertiary alicyclic amines) is 1. The minimum Gasteiger partial charge on any atom is -0.339 e. The number of quaternary nitrogens is 2. The maximum absolute atomic E-state index is 14.0. The van der Waals surface area contributed by atoms with Gasteiger partial charge in [0.1, 0.15) is 24.9 Å². The fourth-order valence-corrected chi connectivity index (χ4v) is 4.47. The van der Waals surface area contributed by atoms with Gasteiger partial charge in [-0.15, -0.1) is 0 Å². The molecule has 0 saturated carbocycles. The van der Waals surface area contributed by atoms with E-state index in [1.165, 1.54) is 11.1 Å². The summed E-state index contributed by atoms with van der Waals surface area (Å²) in [5, 5.41) is 2.36. The first-order valence-corrected chi connectivity index (χ1v) is 10.3. The van der Waals surface area contributed by atoms with Gasteiger partial charge in [-0.2, -0.15) is 0 Å². The Hall–Kier alpha value is -2.49. The highest BCUT2D eigenvalue weighted by molar-refractivity contribution is 5.21. The topological polar surface area (TPSA) is 21.1 Å². The molecule has 0 bridgehead atoms. The zero-order valence-electron chi connectivity index (χ0n) is 16.2. The maximum atomic E-state index is 14.0. The molecule has 144 valence electrons. The van der Waals surface area contributed by atoms with E-state index < -0.39 is 0 Å². The Labute approximate surface area is 167 Å². The van der Waals surface area contributed by atoms with Crippen molar-refractivity contribution < 1.29 is 14.6 Å². The molecule has 3 aromatic carbocycles. The van der Waals surface area contributed by atoms with Crippen LogP contribution in [0.5, 0.6) is 0 Å². The Morgan fingerprint density at radius 1 is 0.857 bits per heavy atom. The molecule has 0 spiro atoms. The van der Waals surface area contributed by atoms with E-state index in [0.29, 0.717) is 18.5 Å². The molecule has 0 aromatic heterocycles. The van der Waals surface area contributed by atoms with Gasteiger partial charge in [0, 0.05) is 17.5 Å². The largest absolute Gasteiger partial charge is 0.339 e. The molecule has 0 radical (unpaired) electrons. The average Bonchev–Trinajstić information content (AvgIpc) is 2.75. The number of nitrogens with two attached hydrogens (primary N) is 1. The van der Waals surface area contributed by atoms with Crippen LogP contribution in [0.3, 0.4) is 0 Å². The van der Waals surface area contributed by atoms with Crippen LogP contribution in [0.1, 0.15) is 29.0 Å². The minimum atomic E-state index is -0.0952. The van der Waals surface area contributed by atoms with Crippen molar-refractivity contribution in [2.24, 2.45) is 0 Å². The lowest BCUT2D eigenvalue weighted by atomic mass is 9.85. The predicted molar refractivity (Wildman–Crippen MR) is 110 cm³/mol. The SMILES string of the molecule is Fc1ccccc1C[NH2+][C@@H]1CC[NH+](Cc2ccccc2)C[C@H]1c1ccccc1. The van der Waals surface area contributed by atoms with Gasteiger partial charge < -0.3 is 10.2 Å². The van der Waals surface area contributed by atoms with Crippen LogP contribution in [-0.2, 0) is 13.1 Å². The zero-order chi connectivity index (χ0) is 19.2. The van der Waals surface area contributed by atoms with Crippen LogP contribution in [0.15, 0.2) is 84.9 Å². The molecule has 2 nitrogen and oxygen atoms in total. The molecule has 1 heterocycles. The molecular formula is C25H29FN2+2. The summed E-state index contributed by atoms with van der Waals surface area (Å²) in [5.41, 5.74) is 3.61. The third-order valence-corrected chi connectivity index (χ3v) is 5.98. The van der Waals surface area contributed by atoms with Crippen molar-refractivity contribution in [3.63, 3.8) is 0 Å². The van der Waals surface area contributed by atoms with Crippen molar-refractivity contribution in [1.29, 1.82) is 0 Å². The van der Waals surface area contributed by atoms with Gasteiger partial charge in [-0.3, -0.25) is 0 Å². The van der Waals surface area contributed by atoms with Gasteiger partial charge in [0.2, 0.25) is 0 Å². The second kappa shape index (κ2) is 9.13. The van der Waals surface area contributed by atoms with Gasteiger partial charge in [-0.25, -0.2) is 4.39 Å². The molecule has 28 heavy (non-hydrogen) atoms. The maximum Gasteiger partial charge on any atom is 0.132 e. The number of halogens is 1. The van der Waals surface area contributed by atoms with Gasteiger partial charge >= 0.3 is 0 Å². The lowest BCUT2D eigenvalue weighted by molar-refractivity contribution is -0.928. The van der Waals surface area contributed by atoms with E-state index >= 15 is 0 Å². The molecule has 3 N–H and O–H groups in total. The van der Waals surface area contributed by atoms with Crippen LogP contribution < -0.4 is 10.2 Å². The Morgan fingerprint density at radius 3 is 2.29 bits per heavy atom. The first kappa shape index (κ1) is 18.9. The van der Waals surface area contributed by atoms with Crippen LogP contribution in [0.25, 0.3) is 0 Å². The van der Waals surface area contributed by atoms with E-state index in [-0.39, 0.29) is 5.82 Å². The van der Waals surface area contributed by atoms with E-state index in [1.807, 2.05) is 12.1 Å². The van der Waals surface area contributed by atoms with Crippen LogP contribution >= 0.6 is 0 Å². The molecule has 3 heteroatoms. The number of rotatable bonds is 6. The lowest BCUT2D eigenvalue weighted by Crippen LogP contribution is -3.14. The summed E-state index contributed by atoms with van der Waals surface area (Å²) in [7, 11) is 0. The molecule has 0 aliphatic carbocycles. The molecule has 3 aromatic rings. The Kier molecular flexibility index (Phi) is 6.15. The molecule has 1 fully saturated rings. The van der Waals surface area contributed by atoms with Crippen molar-refractivity contribution in [2.75, 3.05) is 13.1 Å². The van der Waals surface area contributed by atoms with Crippen LogP contribution in [-0.4, -0.2) is 19.1 Å². The van der Waals surface area contributed by atoms with Crippen molar-refractivity contribution in [3.05, 3.63) is 107 Å². The standard InChI is InChI=1S/C25H27FN2/c26-24-14-8-7-13-22(24)17-27-25-15-16-28(18-20-9-3-1-4-10-20)19-23(25)21-11-5-2-6-12-21/h1-14,23,25,27H,15-19H2/p+2/t23-,25+/m0/s1. The molecule has 1 aliphatic rings.